The molecule has 0 N–H and O–H groups in total. The van der Waals surface area contributed by atoms with Gasteiger partial charge in [0.25, 0.3) is 0 Å². The van der Waals surface area contributed by atoms with E-state index >= 15 is 0 Å². The fraction of sp³-hybridized carbons (Fsp3) is 0.176. The van der Waals surface area contributed by atoms with Crippen molar-refractivity contribution in [2.24, 2.45) is 0 Å². The molecule has 0 aliphatic heterocycles. The maximum atomic E-state index is 6.20. The van der Waals surface area contributed by atoms with E-state index in [0.717, 1.165) is 16.5 Å². The van der Waals surface area contributed by atoms with E-state index in [1.807, 2.05) is 63.2 Å². The molecular formula is C17H17ClN2. The van der Waals surface area contributed by atoms with Gasteiger partial charge in [-0.05, 0) is 25.1 Å². The average Bonchev–Trinajstić information content (AvgIpc) is 2.49. The summed E-state index contributed by atoms with van der Waals surface area (Å²) in [5.74, 6) is 0.669. The van der Waals surface area contributed by atoms with E-state index in [9.17, 15) is 0 Å². The summed E-state index contributed by atoms with van der Waals surface area (Å²) < 4.78 is 0. The zero-order chi connectivity index (χ0) is 14.5. The Kier molecular flexibility index (Phi) is 4.70. The number of benzene rings is 2. The normalized spacial score (nSPS) is 10.0. The van der Waals surface area contributed by atoms with Gasteiger partial charge in [-0.25, -0.2) is 9.97 Å². The summed E-state index contributed by atoms with van der Waals surface area (Å²) in [6.07, 6.45) is 0. The van der Waals surface area contributed by atoms with Crippen LogP contribution in [0, 0.1) is 6.92 Å². The van der Waals surface area contributed by atoms with Crippen LogP contribution in [0.1, 0.15) is 19.4 Å². The van der Waals surface area contributed by atoms with E-state index in [-0.39, 0.29) is 0 Å². The quantitative estimate of drug-likeness (QED) is 0.568. The first-order chi connectivity index (χ1) is 9.74. The van der Waals surface area contributed by atoms with Gasteiger partial charge in [0.15, 0.2) is 5.82 Å². The fourth-order valence-electron chi connectivity index (χ4n) is 1.95. The van der Waals surface area contributed by atoms with Crippen LogP contribution in [-0.2, 0) is 0 Å². The van der Waals surface area contributed by atoms with Crippen LogP contribution >= 0.6 is 11.6 Å². The molecule has 1 heterocycles. The second-order valence-electron chi connectivity index (χ2n) is 4.22. The predicted molar refractivity (Wildman–Crippen MR) is 86.1 cm³/mol. The van der Waals surface area contributed by atoms with E-state index in [1.54, 1.807) is 0 Å². The molecule has 102 valence electrons. The molecule has 3 aromatic rings. The molecule has 0 unspecified atom stereocenters. The van der Waals surface area contributed by atoms with Crippen molar-refractivity contribution in [3.05, 3.63) is 59.2 Å². The summed E-state index contributed by atoms with van der Waals surface area (Å²) in [5.41, 5.74) is 3.04. The maximum Gasteiger partial charge on any atom is 0.161 e. The first kappa shape index (κ1) is 14.5. The second kappa shape index (κ2) is 6.49. The number of hydrogen-bond acceptors (Lipinski definition) is 2. The highest BCUT2D eigenvalue weighted by Crippen LogP contribution is 2.24. The molecule has 0 saturated carbocycles. The van der Waals surface area contributed by atoms with Crippen molar-refractivity contribution in [2.75, 3.05) is 0 Å². The number of para-hydroxylation sites is 1. The SMILES string of the molecule is CC.Cc1cccc(-c2nc(Cl)c3ccccc3n2)c1. The van der Waals surface area contributed by atoms with Crippen LogP contribution in [0.15, 0.2) is 48.5 Å². The van der Waals surface area contributed by atoms with Crippen LogP contribution in [0.4, 0.5) is 0 Å². The van der Waals surface area contributed by atoms with Crippen molar-refractivity contribution in [3.8, 4) is 11.4 Å². The molecule has 0 radical (unpaired) electrons. The first-order valence-corrected chi connectivity index (χ1v) is 7.11. The molecule has 0 atom stereocenters. The van der Waals surface area contributed by atoms with Crippen molar-refractivity contribution in [2.45, 2.75) is 20.8 Å². The van der Waals surface area contributed by atoms with E-state index in [0.29, 0.717) is 11.0 Å². The van der Waals surface area contributed by atoms with Gasteiger partial charge in [-0.1, -0.05) is 61.3 Å². The lowest BCUT2D eigenvalue weighted by Gasteiger charge is -2.05. The third kappa shape index (κ3) is 2.97. The first-order valence-electron chi connectivity index (χ1n) is 6.73. The zero-order valence-corrected chi connectivity index (χ0v) is 12.6. The molecule has 0 spiro atoms. The number of rotatable bonds is 1. The van der Waals surface area contributed by atoms with Crippen LogP contribution in [0.3, 0.4) is 0 Å². The summed E-state index contributed by atoms with van der Waals surface area (Å²) in [7, 11) is 0. The Morgan fingerprint density at radius 1 is 0.900 bits per heavy atom. The van der Waals surface area contributed by atoms with Crippen LogP contribution < -0.4 is 0 Å². The lowest BCUT2D eigenvalue weighted by atomic mass is 10.1. The minimum atomic E-state index is 0.497. The van der Waals surface area contributed by atoms with Gasteiger partial charge in [0.05, 0.1) is 5.52 Å². The number of fused-ring (bicyclic) bond motifs is 1. The third-order valence-corrected chi connectivity index (χ3v) is 3.12. The van der Waals surface area contributed by atoms with Crippen molar-refractivity contribution in [3.63, 3.8) is 0 Å². The monoisotopic (exact) mass is 284 g/mol. The zero-order valence-electron chi connectivity index (χ0n) is 11.9. The molecule has 3 heteroatoms. The Morgan fingerprint density at radius 3 is 2.40 bits per heavy atom. The van der Waals surface area contributed by atoms with Gasteiger partial charge < -0.3 is 0 Å². The maximum absolute atomic E-state index is 6.20. The molecule has 0 amide bonds. The number of hydrogen-bond donors (Lipinski definition) is 0. The summed E-state index contributed by atoms with van der Waals surface area (Å²) in [4.78, 5) is 8.92. The predicted octanol–water partition coefficient (Wildman–Crippen LogP) is 5.28. The molecule has 0 aliphatic carbocycles. The fourth-order valence-corrected chi connectivity index (χ4v) is 2.19. The van der Waals surface area contributed by atoms with Crippen molar-refractivity contribution in [1.29, 1.82) is 0 Å². The highest BCUT2D eigenvalue weighted by atomic mass is 35.5. The Balaban J connectivity index is 0.000000704. The van der Waals surface area contributed by atoms with Crippen molar-refractivity contribution < 1.29 is 0 Å². The standard InChI is InChI=1S/C15H11ClN2.C2H6/c1-10-5-4-6-11(9-10)15-17-13-8-3-2-7-12(13)14(16)18-15;1-2/h2-9H,1H3;1-2H3. The minimum absolute atomic E-state index is 0.497. The summed E-state index contributed by atoms with van der Waals surface area (Å²) >= 11 is 6.20. The number of halogens is 1. The summed E-state index contributed by atoms with van der Waals surface area (Å²) in [5, 5.41) is 1.38. The van der Waals surface area contributed by atoms with Gasteiger partial charge in [-0.3, -0.25) is 0 Å². The average molecular weight is 285 g/mol. The second-order valence-corrected chi connectivity index (χ2v) is 4.58. The largest absolute Gasteiger partial charge is 0.228 e. The van der Waals surface area contributed by atoms with Gasteiger partial charge in [0.2, 0.25) is 0 Å². The van der Waals surface area contributed by atoms with E-state index in [1.165, 1.54) is 5.56 Å². The Hall–Kier alpha value is -1.93. The van der Waals surface area contributed by atoms with Crippen LogP contribution in [0.25, 0.3) is 22.3 Å². The lowest BCUT2D eigenvalue weighted by Crippen LogP contribution is -1.91. The third-order valence-electron chi connectivity index (χ3n) is 2.83. The molecule has 2 aromatic carbocycles. The smallest absolute Gasteiger partial charge is 0.161 e. The molecule has 2 nitrogen and oxygen atoms in total. The topological polar surface area (TPSA) is 25.8 Å². The van der Waals surface area contributed by atoms with Gasteiger partial charge in [-0.15, -0.1) is 0 Å². The van der Waals surface area contributed by atoms with Crippen molar-refractivity contribution >= 4 is 22.5 Å². The molecular weight excluding hydrogens is 268 g/mol. The molecule has 3 rings (SSSR count). The lowest BCUT2D eigenvalue weighted by molar-refractivity contribution is 1.22. The number of aryl methyl sites for hydroxylation is 1. The van der Waals surface area contributed by atoms with Gasteiger partial charge >= 0.3 is 0 Å². The van der Waals surface area contributed by atoms with Crippen LogP contribution in [0.2, 0.25) is 5.15 Å². The summed E-state index contributed by atoms with van der Waals surface area (Å²) in [6, 6.07) is 15.9. The minimum Gasteiger partial charge on any atom is -0.228 e. The van der Waals surface area contributed by atoms with E-state index < -0.39 is 0 Å². The molecule has 1 aromatic heterocycles. The van der Waals surface area contributed by atoms with E-state index in [4.69, 9.17) is 11.6 Å². The Labute approximate surface area is 124 Å². The molecule has 0 saturated heterocycles. The molecule has 0 fully saturated rings. The highest BCUT2D eigenvalue weighted by molar-refractivity contribution is 6.34. The Morgan fingerprint density at radius 2 is 1.65 bits per heavy atom. The van der Waals surface area contributed by atoms with Crippen LogP contribution in [0.5, 0.6) is 0 Å². The van der Waals surface area contributed by atoms with Gasteiger partial charge in [-0.2, -0.15) is 0 Å². The molecule has 20 heavy (non-hydrogen) atoms. The Bertz CT molecular complexity index is 723. The van der Waals surface area contributed by atoms with Gasteiger partial charge in [0, 0.05) is 10.9 Å². The highest BCUT2D eigenvalue weighted by Gasteiger charge is 2.07. The number of aromatic nitrogens is 2. The summed E-state index contributed by atoms with van der Waals surface area (Å²) in [6.45, 7) is 6.05. The molecule has 0 aliphatic rings. The van der Waals surface area contributed by atoms with Crippen LogP contribution in [-0.4, -0.2) is 9.97 Å². The number of nitrogens with zero attached hydrogens (tertiary/aromatic N) is 2. The van der Waals surface area contributed by atoms with Gasteiger partial charge in [0.1, 0.15) is 5.15 Å². The van der Waals surface area contributed by atoms with E-state index in [2.05, 4.69) is 16.0 Å². The van der Waals surface area contributed by atoms with Crippen molar-refractivity contribution in [1.82, 2.24) is 9.97 Å². The molecule has 0 bridgehead atoms.